The summed E-state index contributed by atoms with van der Waals surface area (Å²) < 4.78 is 4.31. The molecular formula is C47H31N5S. The molecule has 250 valence electrons. The van der Waals surface area contributed by atoms with E-state index < -0.39 is 0 Å². The first-order valence-corrected chi connectivity index (χ1v) is 17.8. The minimum absolute atomic E-state index is 0.332. The molecule has 1 N–H and O–H groups in total. The van der Waals surface area contributed by atoms with Gasteiger partial charge in [0.1, 0.15) is 5.71 Å². The van der Waals surface area contributed by atoms with Crippen LogP contribution in [0.4, 0.5) is 0 Å². The fraction of sp³-hybridized carbons (Fsp3) is 0. The van der Waals surface area contributed by atoms with Crippen LogP contribution < -0.4 is 0 Å². The zero-order valence-corrected chi connectivity index (χ0v) is 29.4. The molecule has 0 fully saturated rings. The minimum atomic E-state index is 0.332. The smallest absolute Gasteiger partial charge is 0.160 e. The third-order valence-corrected chi connectivity index (χ3v) is 9.82. The van der Waals surface area contributed by atoms with Crippen LogP contribution in [0.5, 0.6) is 0 Å². The van der Waals surface area contributed by atoms with Gasteiger partial charge in [-0.05, 0) is 53.8 Å². The topological polar surface area (TPSA) is 74.9 Å². The van der Waals surface area contributed by atoms with Crippen LogP contribution in [0.25, 0.3) is 78.8 Å². The number of pyridine rings is 1. The lowest BCUT2D eigenvalue weighted by atomic mass is 9.82. The predicted molar refractivity (Wildman–Crippen MR) is 222 cm³/mol. The highest BCUT2D eigenvalue weighted by Gasteiger charge is 2.28. The number of hydrogen-bond donors (Lipinski definition) is 2. The molecule has 0 unspecified atom stereocenters. The molecule has 53 heavy (non-hydrogen) atoms. The van der Waals surface area contributed by atoms with E-state index in [1.54, 1.807) is 0 Å². The Morgan fingerprint density at radius 3 is 1.70 bits per heavy atom. The number of nitrogens with one attached hydrogen (secondary N) is 1. The van der Waals surface area contributed by atoms with E-state index in [2.05, 4.69) is 90.0 Å². The van der Waals surface area contributed by atoms with E-state index in [0.29, 0.717) is 17.2 Å². The van der Waals surface area contributed by atoms with Gasteiger partial charge in [0, 0.05) is 44.3 Å². The number of nitrogens with zero attached hydrogens (tertiary/aromatic N) is 4. The highest BCUT2D eigenvalue weighted by Crippen LogP contribution is 2.39. The van der Waals surface area contributed by atoms with Crippen molar-refractivity contribution in [1.29, 1.82) is 5.41 Å². The Kier molecular flexibility index (Phi) is 8.35. The maximum atomic E-state index is 9.38. The van der Waals surface area contributed by atoms with Crippen molar-refractivity contribution in [3.05, 3.63) is 187 Å². The van der Waals surface area contributed by atoms with Gasteiger partial charge in [0.25, 0.3) is 0 Å². The van der Waals surface area contributed by atoms with E-state index in [4.69, 9.17) is 15.0 Å². The lowest BCUT2D eigenvalue weighted by molar-refractivity contribution is 1.18. The summed E-state index contributed by atoms with van der Waals surface area (Å²) in [5.41, 5.74) is 13.9. The van der Waals surface area contributed by atoms with Crippen LogP contribution in [0.3, 0.4) is 0 Å². The number of benzene rings is 6. The summed E-state index contributed by atoms with van der Waals surface area (Å²) in [7, 11) is 0. The monoisotopic (exact) mass is 697 g/mol. The second-order valence-corrected chi connectivity index (χ2v) is 13.1. The Bertz CT molecular complexity index is 2660. The number of fused-ring (bicyclic) bond motifs is 3. The molecule has 8 aromatic rings. The number of rotatable bonds is 6. The van der Waals surface area contributed by atoms with Crippen molar-refractivity contribution in [2.24, 2.45) is 4.40 Å². The molecule has 6 heteroatoms. The molecule has 1 aliphatic rings. The number of thiol groups is 1. The number of allylic oxidation sites excluding steroid dienone is 1. The molecule has 1 aliphatic carbocycles. The summed E-state index contributed by atoms with van der Waals surface area (Å²) >= 11 is 4.33. The van der Waals surface area contributed by atoms with Gasteiger partial charge in [-0.15, -0.1) is 0 Å². The van der Waals surface area contributed by atoms with Gasteiger partial charge < -0.3 is 0 Å². The van der Waals surface area contributed by atoms with Gasteiger partial charge in [-0.3, -0.25) is 5.41 Å². The van der Waals surface area contributed by atoms with E-state index in [1.165, 1.54) is 0 Å². The second-order valence-electron chi connectivity index (χ2n) is 12.9. The summed E-state index contributed by atoms with van der Waals surface area (Å²) in [6.07, 6.45) is 2.11. The number of hydrogen-bond acceptors (Lipinski definition) is 6. The summed E-state index contributed by atoms with van der Waals surface area (Å²) in [6, 6.07) is 57.4. The van der Waals surface area contributed by atoms with Crippen molar-refractivity contribution in [2.75, 3.05) is 0 Å². The van der Waals surface area contributed by atoms with E-state index >= 15 is 0 Å². The summed E-state index contributed by atoms with van der Waals surface area (Å²) in [5, 5.41) is 10.3. The van der Waals surface area contributed by atoms with Gasteiger partial charge in [0.15, 0.2) is 5.82 Å². The van der Waals surface area contributed by atoms with Crippen molar-refractivity contribution >= 4 is 46.8 Å². The third kappa shape index (κ3) is 6.05. The lowest BCUT2D eigenvalue weighted by Crippen LogP contribution is -2.22. The van der Waals surface area contributed by atoms with Crippen molar-refractivity contribution in [3.8, 4) is 56.3 Å². The molecule has 0 saturated carbocycles. The van der Waals surface area contributed by atoms with Gasteiger partial charge in [-0.1, -0.05) is 152 Å². The molecule has 0 spiro atoms. The van der Waals surface area contributed by atoms with E-state index in [1.807, 2.05) is 103 Å². The van der Waals surface area contributed by atoms with Gasteiger partial charge in [-0.25, -0.2) is 19.3 Å². The first-order valence-electron chi connectivity index (χ1n) is 17.4. The summed E-state index contributed by atoms with van der Waals surface area (Å²) in [6.45, 7) is 0. The van der Waals surface area contributed by atoms with Crippen molar-refractivity contribution in [3.63, 3.8) is 0 Å². The summed E-state index contributed by atoms with van der Waals surface area (Å²) in [5.74, 6) is 0.690. The van der Waals surface area contributed by atoms with Gasteiger partial charge >= 0.3 is 0 Å². The van der Waals surface area contributed by atoms with Gasteiger partial charge in [-0.2, -0.15) is 0 Å². The fourth-order valence-corrected chi connectivity index (χ4v) is 7.22. The van der Waals surface area contributed by atoms with Crippen LogP contribution in [0, 0.1) is 5.41 Å². The molecular weight excluding hydrogens is 667 g/mol. The Hall–Kier alpha value is -6.76. The zero-order valence-electron chi connectivity index (χ0n) is 28.5. The van der Waals surface area contributed by atoms with Crippen LogP contribution in [0.1, 0.15) is 16.7 Å². The number of aromatic nitrogens is 3. The molecule has 6 aromatic carbocycles. The van der Waals surface area contributed by atoms with E-state index in [-0.39, 0.29) is 0 Å². The van der Waals surface area contributed by atoms with E-state index in [9.17, 15) is 5.41 Å². The Morgan fingerprint density at radius 2 is 1.02 bits per heavy atom. The van der Waals surface area contributed by atoms with Crippen LogP contribution in [0.2, 0.25) is 0 Å². The molecule has 0 bridgehead atoms. The third-order valence-electron chi connectivity index (χ3n) is 9.62. The second kappa shape index (κ2) is 13.8. The molecule has 0 atom stereocenters. The van der Waals surface area contributed by atoms with Crippen molar-refractivity contribution in [1.82, 2.24) is 15.0 Å². The molecule has 0 aliphatic heterocycles. The maximum absolute atomic E-state index is 9.38. The average molecular weight is 698 g/mol. The molecule has 0 saturated heterocycles. The lowest BCUT2D eigenvalue weighted by Gasteiger charge is -2.23. The fourth-order valence-electron chi connectivity index (χ4n) is 7.01. The zero-order chi connectivity index (χ0) is 35.7. The average Bonchev–Trinajstić information content (AvgIpc) is 3.24. The Morgan fingerprint density at radius 1 is 0.472 bits per heavy atom. The molecule has 0 amide bonds. The molecule has 9 rings (SSSR count). The highest BCUT2D eigenvalue weighted by molar-refractivity contribution is 7.79. The van der Waals surface area contributed by atoms with Crippen molar-refractivity contribution in [2.45, 2.75) is 0 Å². The first kappa shape index (κ1) is 32.2. The van der Waals surface area contributed by atoms with Crippen LogP contribution >= 0.6 is 12.8 Å². The Balaban J connectivity index is 1.13. The predicted octanol–water partition coefficient (Wildman–Crippen LogP) is 11.6. The standard InChI is InChI=1S/C47H31N5S/c48-44-43-37-21-10-11-22-40(37)49-45(39(43)28-38(46(44)52-53)31-13-4-1-5-14-31)36-20-12-19-35(27-36)30-23-25-33(26-24-30)42-29-41(32-15-6-2-7-16-32)50-47(51-42)34-17-8-3-9-18-34/h1-29,48,53H/b48-44?,52-46-. The summed E-state index contributed by atoms with van der Waals surface area (Å²) in [4.78, 5) is 15.2. The minimum Gasteiger partial charge on any atom is -0.298 e. The highest BCUT2D eigenvalue weighted by atomic mass is 32.1. The SMILES string of the molecule is N=C1/C(=N\S)C(c2ccccc2)=Cc2c(-c3cccc(-c4ccc(-c5cc(-c6ccccc6)nc(-c6ccccc6)n5)cc4)c3)nc3ccccc3c21. The first-order chi connectivity index (χ1) is 26.1. The normalized spacial score (nSPS) is 13.2. The molecule has 2 heterocycles. The van der Waals surface area contributed by atoms with Gasteiger partial charge in [0.2, 0.25) is 0 Å². The van der Waals surface area contributed by atoms with Crippen molar-refractivity contribution < 1.29 is 0 Å². The Labute approximate surface area is 313 Å². The molecule has 5 nitrogen and oxygen atoms in total. The van der Waals surface area contributed by atoms with E-state index in [0.717, 1.165) is 83.6 Å². The molecule has 0 radical (unpaired) electrons. The maximum Gasteiger partial charge on any atom is 0.160 e. The van der Waals surface area contributed by atoms with Crippen LogP contribution in [-0.2, 0) is 0 Å². The number of para-hydroxylation sites is 1. The molecule has 2 aromatic heterocycles. The largest absolute Gasteiger partial charge is 0.298 e. The van der Waals surface area contributed by atoms with Gasteiger partial charge in [0.05, 0.1) is 28.3 Å². The van der Waals surface area contributed by atoms with Crippen LogP contribution in [0.15, 0.2) is 174 Å². The van der Waals surface area contributed by atoms with Crippen LogP contribution in [-0.4, -0.2) is 26.4 Å². The quantitative estimate of drug-likeness (QED) is 0.170.